The first kappa shape index (κ1) is 36.3. The maximum absolute atomic E-state index is 15.9. The number of phenols is 1. The van der Waals surface area contributed by atoms with E-state index in [1.54, 1.807) is 36.7 Å². The van der Waals surface area contributed by atoms with Crippen molar-refractivity contribution in [3.05, 3.63) is 144 Å². The number of hydrogen-bond donors (Lipinski definition) is 1. The third kappa shape index (κ3) is 7.01. The minimum Gasteiger partial charge on any atom is -0.507 e. The molecule has 0 saturated heterocycles. The van der Waals surface area contributed by atoms with Gasteiger partial charge in [0.25, 0.3) is 0 Å². The summed E-state index contributed by atoms with van der Waals surface area (Å²) in [6.07, 6.45) is 3.37. The molecule has 0 radical (unpaired) electrons. The van der Waals surface area contributed by atoms with Gasteiger partial charge in [-0.3, -0.25) is 9.55 Å². The number of halogens is 1. The number of imidazole rings is 1. The Bertz CT molecular complexity index is 2770. The number of fused-ring (bicyclic) bond motifs is 2. The minimum atomic E-state index is -3.20. The third-order valence-electron chi connectivity index (χ3n) is 10.4. The van der Waals surface area contributed by atoms with Crippen molar-refractivity contribution in [2.75, 3.05) is 0 Å². The summed E-state index contributed by atoms with van der Waals surface area (Å²) < 4.78 is 40.7. The average molecular weight is 924 g/mol. The van der Waals surface area contributed by atoms with E-state index in [4.69, 9.17) is 17.1 Å². The van der Waals surface area contributed by atoms with Crippen LogP contribution in [0.1, 0.15) is 85.3 Å². The van der Waals surface area contributed by atoms with Crippen LogP contribution in [0.15, 0.2) is 120 Å². The van der Waals surface area contributed by atoms with E-state index in [1.165, 1.54) is 0 Å². The van der Waals surface area contributed by atoms with Crippen molar-refractivity contribution in [2.45, 2.75) is 72.3 Å². The monoisotopic (exact) mass is 923 g/mol. The molecule has 3 heterocycles. The number of hydrogen-bond acceptors (Lipinski definition) is 4. The summed E-state index contributed by atoms with van der Waals surface area (Å²) in [5, 5.41) is 12.4. The maximum atomic E-state index is 15.9. The first-order valence-electron chi connectivity index (χ1n) is 19.8. The molecule has 0 bridgehead atoms. The van der Waals surface area contributed by atoms with Gasteiger partial charge in [-0.2, -0.15) is 0 Å². The fourth-order valence-corrected chi connectivity index (χ4v) is 7.51. The van der Waals surface area contributed by atoms with Crippen LogP contribution in [0.2, 0.25) is 0 Å². The SMILES string of the molecule is [2H]C([2H])(F)c1cc(-c2[c-]c(-c3cc(-c4ccccc4)ccn3)cc(C(C)(C)C)c2)c2nc(-c3c(O)ccc4ccoc34)n(-c3c(C(C)C)cccc3C(C)C)c2c1.[Pt]. The van der Waals surface area contributed by atoms with E-state index in [-0.39, 0.29) is 49.6 Å². The summed E-state index contributed by atoms with van der Waals surface area (Å²) in [4.78, 5) is 10.1. The number of alkyl halides is 1. The Morgan fingerprint density at radius 2 is 1.55 bits per heavy atom. The number of aromatic nitrogens is 3. The van der Waals surface area contributed by atoms with Gasteiger partial charge in [-0.25, -0.2) is 9.37 Å². The van der Waals surface area contributed by atoms with Crippen LogP contribution in [0.3, 0.4) is 0 Å². The van der Waals surface area contributed by atoms with Crippen molar-refractivity contribution >= 4 is 22.0 Å². The predicted octanol–water partition coefficient (Wildman–Crippen LogP) is 13.4. The average Bonchev–Trinajstić information content (AvgIpc) is 3.81. The van der Waals surface area contributed by atoms with Gasteiger partial charge in [0.1, 0.15) is 23.5 Å². The van der Waals surface area contributed by atoms with Crippen LogP contribution in [0, 0.1) is 6.07 Å². The van der Waals surface area contributed by atoms with Crippen molar-refractivity contribution in [2.24, 2.45) is 0 Å². The van der Waals surface area contributed by atoms with Crippen LogP contribution in [-0.2, 0) is 33.1 Å². The number of aromatic hydroxyl groups is 1. The van der Waals surface area contributed by atoms with Crippen LogP contribution < -0.4 is 0 Å². The maximum Gasteiger partial charge on any atom is 0.152 e. The normalized spacial score (nSPS) is 12.7. The largest absolute Gasteiger partial charge is 0.507 e. The van der Waals surface area contributed by atoms with E-state index >= 15 is 4.39 Å². The molecule has 286 valence electrons. The Morgan fingerprint density at radius 1 is 0.839 bits per heavy atom. The Labute approximate surface area is 345 Å². The molecule has 8 rings (SSSR count). The molecule has 5 aromatic carbocycles. The van der Waals surface area contributed by atoms with Gasteiger partial charge in [0, 0.05) is 38.3 Å². The van der Waals surface area contributed by atoms with Crippen LogP contribution in [0.5, 0.6) is 5.75 Å². The molecule has 0 atom stereocenters. The van der Waals surface area contributed by atoms with E-state index in [0.717, 1.165) is 44.5 Å². The van der Waals surface area contributed by atoms with Gasteiger partial charge in [0.05, 0.1) is 25.7 Å². The second-order valence-electron chi connectivity index (χ2n) is 15.9. The molecule has 0 aliphatic heterocycles. The van der Waals surface area contributed by atoms with E-state index in [2.05, 4.69) is 84.9 Å². The number of benzene rings is 5. The molecule has 0 aliphatic rings. The predicted molar refractivity (Wildman–Crippen MR) is 223 cm³/mol. The zero-order valence-corrected chi connectivity index (χ0v) is 34.8. The van der Waals surface area contributed by atoms with Gasteiger partial charge >= 0.3 is 0 Å². The number of para-hydroxylation sites is 1. The topological polar surface area (TPSA) is 64.1 Å². The quantitative estimate of drug-likeness (QED) is 0.154. The van der Waals surface area contributed by atoms with Gasteiger partial charge in [-0.1, -0.05) is 120 Å². The molecule has 8 aromatic rings. The molecule has 5 nitrogen and oxygen atoms in total. The van der Waals surface area contributed by atoms with Crippen molar-refractivity contribution in [1.29, 1.82) is 0 Å². The number of phenolic OH excluding ortho intramolecular Hbond substituents is 1. The van der Waals surface area contributed by atoms with E-state index in [1.807, 2.05) is 53.1 Å². The van der Waals surface area contributed by atoms with Crippen LogP contribution in [0.25, 0.3) is 72.6 Å². The standard InChI is InChI=1S/C49H45FN3O2.Pt/c1-29(2)38-14-11-15-39(30(3)4)46(38)53-42-23-31(28-50)22-40(45(42)52-48(53)44-43(54)17-16-33-19-21-55-47(33)44)35-24-36(26-37(25-35)49(5,6)7)41-27-34(18-20-51-41)32-12-9-8-10-13-32;/h8-23,25-27,29-30,54H,28H2,1-7H3;/q-1;/i28D2;. The van der Waals surface area contributed by atoms with Gasteiger partial charge in [0.2, 0.25) is 0 Å². The van der Waals surface area contributed by atoms with Crippen LogP contribution in [0.4, 0.5) is 4.39 Å². The molecule has 1 N–H and O–H groups in total. The second kappa shape index (κ2) is 15.3. The Balaban J connectivity index is 0.00000512. The number of furan rings is 1. The van der Waals surface area contributed by atoms with Crippen LogP contribution >= 0.6 is 0 Å². The fourth-order valence-electron chi connectivity index (χ4n) is 7.51. The van der Waals surface area contributed by atoms with E-state index in [9.17, 15) is 5.11 Å². The van der Waals surface area contributed by atoms with Crippen LogP contribution in [-0.4, -0.2) is 19.6 Å². The van der Waals surface area contributed by atoms with Gasteiger partial charge in [-0.15, -0.1) is 29.3 Å². The van der Waals surface area contributed by atoms with Crippen molar-refractivity contribution in [3.8, 4) is 56.3 Å². The van der Waals surface area contributed by atoms with Crippen molar-refractivity contribution in [1.82, 2.24) is 14.5 Å². The molecule has 0 unspecified atom stereocenters. The summed E-state index contributed by atoms with van der Waals surface area (Å²) in [7, 11) is 0. The third-order valence-corrected chi connectivity index (χ3v) is 10.4. The zero-order chi connectivity index (χ0) is 40.4. The summed E-state index contributed by atoms with van der Waals surface area (Å²) in [5.41, 5.74) is 9.85. The summed E-state index contributed by atoms with van der Waals surface area (Å²) >= 11 is 0. The molecule has 0 aliphatic carbocycles. The molecule has 7 heteroatoms. The summed E-state index contributed by atoms with van der Waals surface area (Å²) in [6.45, 7) is 11.7. The zero-order valence-electron chi connectivity index (χ0n) is 34.5. The first-order valence-corrected chi connectivity index (χ1v) is 18.8. The fraction of sp³-hybridized carbons (Fsp3) is 0.224. The van der Waals surface area contributed by atoms with E-state index in [0.29, 0.717) is 44.8 Å². The molecular weight excluding hydrogens is 877 g/mol. The Kier molecular flexibility index (Phi) is 9.93. The van der Waals surface area contributed by atoms with Gasteiger partial charge < -0.3 is 9.52 Å². The second-order valence-corrected chi connectivity index (χ2v) is 15.9. The van der Waals surface area contributed by atoms with Gasteiger partial charge in [-0.05, 0) is 75.4 Å². The molecule has 0 spiro atoms. The van der Waals surface area contributed by atoms with Crippen molar-refractivity contribution < 1.29 is 37.7 Å². The Morgan fingerprint density at radius 3 is 2.23 bits per heavy atom. The molecule has 56 heavy (non-hydrogen) atoms. The summed E-state index contributed by atoms with van der Waals surface area (Å²) in [5.74, 6) is 0.509. The number of pyridine rings is 1. The van der Waals surface area contributed by atoms with E-state index < -0.39 is 6.63 Å². The van der Waals surface area contributed by atoms with Crippen molar-refractivity contribution in [3.63, 3.8) is 0 Å². The smallest absolute Gasteiger partial charge is 0.152 e. The first-order chi connectivity index (χ1) is 27.1. The molecule has 0 saturated carbocycles. The number of rotatable bonds is 8. The molecule has 3 aromatic heterocycles. The summed E-state index contributed by atoms with van der Waals surface area (Å²) in [6, 6.07) is 36.4. The molecule has 0 fully saturated rings. The number of nitrogens with zero attached hydrogens (tertiary/aromatic N) is 3. The molecular formula is C49H45FN3O2Pt-. The van der Waals surface area contributed by atoms with Gasteiger partial charge in [0.15, 0.2) is 5.82 Å². The minimum absolute atomic E-state index is 0. The molecule has 0 amide bonds. The Hall–Kier alpha value is -5.32.